The minimum Gasteiger partial charge on any atom is -0.316 e. The van der Waals surface area contributed by atoms with Crippen LogP contribution in [0.3, 0.4) is 0 Å². The second-order valence-corrected chi connectivity index (χ2v) is 5.70. The molecular formula is C17H16ClN5O. The zero-order chi connectivity index (χ0) is 16.9. The molecule has 0 saturated heterocycles. The fourth-order valence-corrected chi connectivity index (χ4v) is 2.60. The van der Waals surface area contributed by atoms with Gasteiger partial charge in [0.25, 0.3) is 0 Å². The van der Waals surface area contributed by atoms with Crippen molar-refractivity contribution in [3.8, 4) is 0 Å². The summed E-state index contributed by atoms with van der Waals surface area (Å²) in [5.41, 5.74) is 2.52. The van der Waals surface area contributed by atoms with Crippen LogP contribution in [0.15, 0.2) is 61.2 Å². The number of aromatic amines is 1. The standard InChI is InChI=1S/C17H16ClN5O/c1-23(17(24)22-15-10-20-21-11-15)16(13-6-8-19-9-7-13)12-2-4-14(18)5-3-12/h2-11,16H,1H3,(H,20,21)(H,22,24). The van der Waals surface area contributed by atoms with Crippen molar-refractivity contribution >= 4 is 23.3 Å². The summed E-state index contributed by atoms with van der Waals surface area (Å²) in [5, 5.41) is 9.95. The molecule has 0 aliphatic carbocycles. The monoisotopic (exact) mass is 341 g/mol. The van der Waals surface area contributed by atoms with Crippen LogP contribution < -0.4 is 5.32 Å². The summed E-state index contributed by atoms with van der Waals surface area (Å²) in [6.45, 7) is 0. The van der Waals surface area contributed by atoms with Crippen LogP contribution in [0.1, 0.15) is 17.2 Å². The molecule has 0 aliphatic heterocycles. The first-order chi connectivity index (χ1) is 11.6. The van der Waals surface area contributed by atoms with Crippen molar-refractivity contribution in [2.75, 3.05) is 12.4 Å². The quantitative estimate of drug-likeness (QED) is 0.759. The number of hydrogen-bond acceptors (Lipinski definition) is 3. The van der Waals surface area contributed by atoms with Gasteiger partial charge in [0.05, 0.1) is 17.9 Å². The summed E-state index contributed by atoms with van der Waals surface area (Å²) in [7, 11) is 1.75. The van der Waals surface area contributed by atoms with Gasteiger partial charge in [-0.25, -0.2) is 4.79 Å². The van der Waals surface area contributed by atoms with Gasteiger partial charge < -0.3 is 10.2 Å². The Hall–Kier alpha value is -2.86. The number of aromatic nitrogens is 3. The summed E-state index contributed by atoms with van der Waals surface area (Å²) in [6, 6.07) is 10.7. The second kappa shape index (κ2) is 7.14. The molecule has 6 nitrogen and oxygen atoms in total. The van der Waals surface area contributed by atoms with Crippen LogP contribution >= 0.6 is 11.6 Å². The van der Waals surface area contributed by atoms with E-state index in [0.717, 1.165) is 11.1 Å². The normalized spacial score (nSPS) is 11.8. The molecule has 0 radical (unpaired) electrons. The van der Waals surface area contributed by atoms with Crippen molar-refractivity contribution in [3.63, 3.8) is 0 Å². The maximum atomic E-state index is 12.6. The molecule has 122 valence electrons. The van der Waals surface area contributed by atoms with E-state index in [9.17, 15) is 4.79 Å². The summed E-state index contributed by atoms with van der Waals surface area (Å²) in [5.74, 6) is 0. The highest BCUT2D eigenvalue weighted by Crippen LogP contribution is 2.28. The van der Waals surface area contributed by atoms with E-state index in [0.29, 0.717) is 10.7 Å². The van der Waals surface area contributed by atoms with Crippen LogP contribution in [-0.2, 0) is 0 Å². The lowest BCUT2D eigenvalue weighted by molar-refractivity contribution is 0.212. The molecule has 2 heterocycles. The van der Waals surface area contributed by atoms with Crippen molar-refractivity contribution in [1.29, 1.82) is 0 Å². The number of nitrogens with zero attached hydrogens (tertiary/aromatic N) is 3. The maximum absolute atomic E-state index is 12.6. The molecule has 0 fully saturated rings. The van der Waals surface area contributed by atoms with Crippen LogP contribution in [0.2, 0.25) is 5.02 Å². The molecule has 1 aromatic carbocycles. The number of amides is 2. The summed E-state index contributed by atoms with van der Waals surface area (Å²) >= 11 is 5.99. The van der Waals surface area contributed by atoms with E-state index >= 15 is 0 Å². The van der Waals surface area contributed by atoms with Crippen LogP contribution in [-0.4, -0.2) is 33.2 Å². The fourth-order valence-electron chi connectivity index (χ4n) is 2.48. The summed E-state index contributed by atoms with van der Waals surface area (Å²) in [6.07, 6.45) is 6.59. The van der Waals surface area contributed by atoms with Crippen molar-refractivity contribution < 1.29 is 4.79 Å². The molecule has 0 spiro atoms. The number of anilines is 1. The highest BCUT2D eigenvalue weighted by Gasteiger charge is 2.23. The Morgan fingerprint density at radius 3 is 2.46 bits per heavy atom. The van der Waals surface area contributed by atoms with E-state index in [1.807, 2.05) is 36.4 Å². The van der Waals surface area contributed by atoms with Gasteiger partial charge in [-0.2, -0.15) is 5.10 Å². The zero-order valence-corrected chi connectivity index (χ0v) is 13.7. The van der Waals surface area contributed by atoms with Gasteiger partial charge >= 0.3 is 6.03 Å². The first kappa shape index (κ1) is 16.0. The molecule has 3 rings (SSSR count). The van der Waals surface area contributed by atoms with Gasteiger partial charge in [-0.05, 0) is 35.4 Å². The molecule has 0 bridgehead atoms. The van der Waals surface area contributed by atoms with Crippen LogP contribution in [0.25, 0.3) is 0 Å². The topological polar surface area (TPSA) is 73.9 Å². The number of carbonyl (C=O) groups excluding carboxylic acids is 1. The lowest BCUT2D eigenvalue weighted by Crippen LogP contribution is -2.35. The van der Waals surface area contributed by atoms with E-state index in [2.05, 4.69) is 20.5 Å². The molecule has 2 N–H and O–H groups in total. The average molecular weight is 342 g/mol. The number of pyridine rings is 1. The van der Waals surface area contributed by atoms with Crippen molar-refractivity contribution in [2.45, 2.75) is 6.04 Å². The number of urea groups is 1. The van der Waals surface area contributed by atoms with E-state index in [4.69, 9.17) is 11.6 Å². The number of nitrogens with one attached hydrogen (secondary N) is 2. The molecule has 24 heavy (non-hydrogen) atoms. The number of rotatable bonds is 4. The Labute approximate surface area is 144 Å². The second-order valence-electron chi connectivity index (χ2n) is 5.26. The Kier molecular flexibility index (Phi) is 4.77. The highest BCUT2D eigenvalue weighted by molar-refractivity contribution is 6.30. The SMILES string of the molecule is CN(C(=O)Nc1cn[nH]c1)C(c1ccncc1)c1ccc(Cl)cc1. The zero-order valence-electron chi connectivity index (χ0n) is 13.0. The van der Waals surface area contributed by atoms with Gasteiger partial charge in [-0.3, -0.25) is 10.1 Å². The van der Waals surface area contributed by atoms with E-state index in [1.54, 1.807) is 36.7 Å². The van der Waals surface area contributed by atoms with Crippen LogP contribution in [0, 0.1) is 0 Å². The van der Waals surface area contributed by atoms with Crippen molar-refractivity contribution in [3.05, 3.63) is 77.3 Å². The minimum absolute atomic E-state index is 0.242. The highest BCUT2D eigenvalue weighted by atomic mass is 35.5. The van der Waals surface area contributed by atoms with Gasteiger partial charge in [0.1, 0.15) is 0 Å². The summed E-state index contributed by atoms with van der Waals surface area (Å²) < 4.78 is 0. The Bertz CT molecular complexity index is 790. The maximum Gasteiger partial charge on any atom is 0.322 e. The van der Waals surface area contributed by atoms with Gasteiger partial charge in [0.15, 0.2) is 0 Å². The van der Waals surface area contributed by atoms with Crippen molar-refractivity contribution in [2.24, 2.45) is 0 Å². The predicted octanol–water partition coefficient (Wildman–Crippen LogP) is 3.71. The molecule has 2 aromatic heterocycles. The number of halogens is 1. The molecular weight excluding hydrogens is 326 g/mol. The molecule has 0 saturated carbocycles. The van der Waals surface area contributed by atoms with Gasteiger partial charge in [-0.1, -0.05) is 23.7 Å². The lowest BCUT2D eigenvalue weighted by Gasteiger charge is -2.29. The molecule has 1 atom stereocenters. The first-order valence-electron chi connectivity index (χ1n) is 7.33. The number of hydrogen-bond donors (Lipinski definition) is 2. The Morgan fingerprint density at radius 2 is 1.83 bits per heavy atom. The predicted molar refractivity (Wildman–Crippen MR) is 92.9 cm³/mol. The first-order valence-corrected chi connectivity index (χ1v) is 7.71. The molecule has 1 unspecified atom stereocenters. The van der Waals surface area contributed by atoms with E-state index in [1.165, 1.54) is 0 Å². The van der Waals surface area contributed by atoms with Crippen molar-refractivity contribution in [1.82, 2.24) is 20.1 Å². The third kappa shape index (κ3) is 3.55. The van der Waals surface area contributed by atoms with Gasteiger partial charge in [0.2, 0.25) is 0 Å². The molecule has 0 aliphatic rings. The number of benzene rings is 1. The Balaban J connectivity index is 1.91. The smallest absolute Gasteiger partial charge is 0.316 e. The fraction of sp³-hybridized carbons (Fsp3) is 0.118. The van der Waals surface area contributed by atoms with Gasteiger partial charge in [0, 0.05) is 30.7 Å². The third-order valence-corrected chi connectivity index (χ3v) is 3.92. The van der Waals surface area contributed by atoms with E-state index in [-0.39, 0.29) is 12.1 Å². The average Bonchev–Trinajstić information content (AvgIpc) is 3.10. The van der Waals surface area contributed by atoms with Gasteiger partial charge in [-0.15, -0.1) is 0 Å². The molecule has 3 aromatic rings. The molecule has 2 amide bonds. The van der Waals surface area contributed by atoms with E-state index < -0.39 is 0 Å². The third-order valence-electron chi connectivity index (χ3n) is 3.66. The number of H-pyrrole nitrogens is 1. The van der Waals surface area contributed by atoms with Crippen LogP contribution in [0.4, 0.5) is 10.5 Å². The summed E-state index contributed by atoms with van der Waals surface area (Å²) in [4.78, 5) is 18.3. The largest absolute Gasteiger partial charge is 0.322 e. The van der Waals surface area contributed by atoms with Crippen LogP contribution in [0.5, 0.6) is 0 Å². The number of carbonyl (C=O) groups is 1. The Morgan fingerprint density at radius 1 is 1.17 bits per heavy atom. The molecule has 7 heteroatoms. The lowest BCUT2D eigenvalue weighted by atomic mass is 9.98. The minimum atomic E-state index is -0.267.